The third-order valence-corrected chi connectivity index (χ3v) is 6.25. The molecule has 4 nitrogen and oxygen atoms in total. The van der Waals surface area contributed by atoms with Crippen LogP contribution in [0.1, 0.15) is 0 Å². The molecule has 0 aliphatic carbocycles. The van der Waals surface area contributed by atoms with E-state index in [-0.39, 0.29) is 0 Å². The third-order valence-electron chi connectivity index (χ3n) is 6.25. The lowest BCUT2D eigenvalue weighted by Gasteiger charge is -1.97. The first kappa shape index (κ1) is 14.0. The van der Waals surface area contributed by atoms with Crippen LogP contribution in [0.25, 0.3) is 66.1 Å². The summed E-state index contributed by atoms with van der Waals surface area (Å²) in [5, 5.41) is 4.80. The van der Waals surface area contributed by atoms with Crippen LogP contribution in [0, 0.1) is 0 Å². The van der Waals surface area contributed by atoms with Gasteiger partial charge in [0.25, 0.3) is 0 Å². The quantitative estimate of drug-likeness (QED) is 0.310. The zero-order valence-electron chi connectivity index (χ0n) is 15.3. The molecule has 0 N–H and O–H groups in total. The molecule has 0 unspecified atom stereocenters. The highest BCUT2D eigenvalue weighted by atomic mass is 16.3. The smallest absolute Gasteiger partial charge is 0.220 e. The monoisotopic (exact) mass is 371 g/mol. The Balaban J connectivity index is 1.70. The number of para-hydroxylation sites is 4. The van der Waals surface area contributed by atoms with E-state index in [0.29, 0.717) is 0 Å². The molecule has 4 heterocycles. The Morgan fingerprint density at radius 1 is 0.586 bits per heavy atom. The molecule has 0 radical (unpaired) electrons. The Morgan fingerprint density at radius 3 is 2.41 bits per heavy atom. The number of fused-ring (bicyclic) bond motifs is 11. The van der Waals surface area contributed by atoms with E-state index in [1.807, 2.05) is 18.2 Å². The molecule has 4 aromatic carbocycles. The van der Waals surface area contributed by atoms with Gasteiger partial charge in [-0.1, -0.05) is 42.5 Å². The largest absolute Gasteiger partial charge is 0.456 e. The van der Waals surface area contributed by atoms with Crippen molar-refractivity contribution < 1.29 is 4.42 Å². The summed E-state index contributed by atoms with van der Waals surface area (Å²) in [6.45, 7) is 0. The number of rotatable bonds is 0. The van der Waals surface area contributed by atoms with Crippen LogP contribution in [-0.2, 0) is 0 Å². The zero-order valence-corrected chi connectivity index (χ0v) is 15.3. The minimum atomic E-state index is 0.911. The van der Waals surface area contributed by atoms with Crippen LogP contribution in [0.5, 0.6) is 0 Å². The van der Waals surface area contributed by atoms with Crippen LogP contribution in [0.4, 0.5) is 0 Å². The van der Waals surface area contributed by atoms with Crippen LogP contribution in [-0.4, -0.2) is 13.8 Å². The zero-order chi connectivity index (χ0) is 18.7. The summed E-state index contributed by atoms with van der Waals surface area (Å²) in [5.41, 5.74) is 7.51. The molecule has 0 saturated heterocycles. The maximum atomic E-state index is 6.18. The average Bonchev–Trinajstić information content (AvgIpc) is 3.47. The van der Waals surface area contributed by atoms with Gasteiger partial charge in [-0.05, 0) is 30.3 Å². The molecular weight excluding hydrogens is 358 g/mol. The second-order valence-corrected chi connectivity index (χ2v) is 7.71. The van der Waals surface area contributed by atoms with Crippen molar-refractivity contribution in [2.24, 2.45) is 0 Å². The molecule has 0 fully saturated rings. The number of nitrogens with zero attached hydrogens (tertiary/aromatic N) is 3. The lowest BCUT2D eigenvalue weighted by atomic mass is 10.1. The molecule has 0 amide bonds. The second kappa shape index (κ2) is 4.50. The van der Waals surface area contributed by atoms with E-state index in [1.165, 1.54) is 21.8 Å². The highest BCUT2D eigenvalue weighted by Gasteiger charge is 2.21. The van der Waals surface area contributed by atoms with Crippen molar-refractivity contribution >= 4 is 66.1 Å². The Bertz CT molecular complexity index is 1920. The molecule has 0 aliphatic rings. The standard InChI is InChI=1S/C25H13N3O/c1-4-11-22-14(6-1)17-12-16-15-7-5-10-20-24(15)28(21(16)13-23(17)29-22)25-26-18-8-2-3-9-19(18)27(20)25/h1-13H. The predicted molar refractivity (Wildman–Crippen MR) is 117 cm³/mol. The van der Waals surface area contributed by atoms with Crippen molar-refractivity contribution in [3.63, 3.8) is 0 Å². The van der Waals surface area contributed by atoms with Crippen molar-refractivity contribution in [3.8, 4) is 0 Å². The van der Waals surface area contributed by atoms with Crippen LogP contribution >= 0.6 is 0 Å². The van der Waals surface area contributed by atoms with Crippen LogP contribution in [0.2, 0.25) is 0 Å². The van der Waals surface area contributed by atoms with Crippen molar-refractivity contribution in [2.75, 3.05) is 0 Å². The molecule has 134 valence electrons. The van der Waals surface area contributed by atoms with Gasteiger partial charge in [0.1, 0.15) is 11.2 Å². The van der Waals surface area contributed by atoms with Gasteiger partial charge in [0.2, 0.25) is 5.78 Å². The fourth-order valence-corrected chi connectivity index (χ4v) is 5.05. The van der Waals surface area contributed by atoms with E-state index in [0.717, 1.165) is 44.3 Å². The topological polar surface area (TPSA) is 34.9 Å². The first-order chi connectivity index (χ1) is 14.4. The fourth-order valence-electron chi connectivity index (χ4n) is 5.05. The Labute approximate surface area is 163 Å². The number of hydrogen-bond acceptors (Lipinski definition) is 2. The molecular formula is C25H13N3O. The van der Waals surface area contributed by atoms with E-state index < -0.39 is 0 Å². The summed E-state index contributed by atoms with van der Waals surface area (Å²) in [4.78, 5) is 4.97. The molecule has 29 heavy (non-hydrogen) atoms. The number of aromatic nitrogens is 3. The van der Waals surface area contributed by atoms with E-state index in [2.05, 4.69) is 69.5 Å². The number of furan rings is 1. The van der Waals surface area contributed by atoms with Crippen LogP contribution < -0.4 is 0 Å². The summed E-state index contributed by atoms with van der Waals surface area (Å²) in [5.74, 6) is 0.947. The van der Waals surface area contributed by atoms with Gasteiger partial charge >= 0.3 is 0 Å². The van der Waals surface area contributed by atoms with E-state index in [9.17, 15) is 0 Å². The first-order valence-electron chi connectivity index (χ1n) is 9.75. The summed E-state index contributed by atoms with van der Waals surface area (Å²) in [7, 11) is 0. The van der Waals surface area contributed by atoms with Crippen molar-refractivity contribution in [1.82, 2.24) is 13.8 Å². The summed E-state index contributed by atoms with van der Waals surface area (Å²) < 4.78 is 10.7. The van der Waals surface area contributed by atoms with Gasteiger partial charge in [-0.25, -0.2) is 4.98 Å². The highest BCUT2D eigenvalue weighted by molar-refractivity contribution is 6.20. The molecule has 0 spiro atoms. The molecule has 4 heteroatoms. The van der Waals surface area contributed by atoms with Gasteiger partial charge in [-0.15, -0.1) is 0 Å². The maximum Gasteiger partial charge on any atom is 0.220 e. The van der Waals surface area contributed by atoms with Crippen molar-refractivity contribution in [2.45, 2.75) is 0 Å². The fraction of sp³-hybridized carbons (Fsp3) is 0. The van der Waals surface area contributed by atoms with E-state index in [1.54, 1.807) is 0 Å². The summed E-state index contributed by atoms with van der Waals surface area (Å²) in [6, 6.07) is 27.5. The van der Waals surface area contributed by atoms with Gasteiger partial charge < -0.3 is 4.42 Å². The van der Waals surface area contributed by atoms with E-state index >= 15 is 0 Å². The second-order valence-electron chi connectivity index (χ2n) is 7.71. The average molecular weight is 371 g/mol. The molecule has 8 rings (SSSR count). The van der Waals surface area contributed by atoms with Crippen molar-refractivity contribution in [3.05, 3.63) is 78.9 Å². The molecule has 8 aromatic rings. The SMILES string of the molecule is c1ccc2c(c1)nc1n2c2cccc3c4cc5c(cc4n1c32)oc1ccccc15. The lowest BCUT2D eigenvalue weighted by Crippen LogP contribution is -1.84. The molecule has 0 saturated carbocycles. The Hall–Kier alpha value is -4.05. The Kier molecular flexibility index (Phi) is 2.18. The normalized spacial score (nSPS) is 12.8. The summed E-state index contributed by atoms with van der Waals surface area (Å²) in [6.07, 6.45) is 0. The van der Waals surface area contributed by atoms with Gasteiger partial charge in [0, 0.05) is 27.6 Å². The summed E-state index contributed by atoms with van der Waals surface area (Å²) >= 11 is 0. The van der Waals surface area contributed by atoms with E-state index in [4.69, 9.17) is 9.40 Å². The van der Waals surface area contributed by atoms with Crippen LogP contribution in [0.3, 0.4) is 0 Å². The maximum absolute atomic E-state index is 6.18. The van der Waals surface area contributed by atoms with Gasteiger partial charge in [0.05, 0.1) is 27.6 Å². The molecule has 0 aliphatic heterocycles. The van der Waals surface area contributed by atoms with Crippen molar-refractivity contribution in [1.29, 1.82) is 0 Å². The first-order valence-corrected chi connectivity index (χ1v) is 9.75. The number of benzene rings is 4. The number of imidazole rings is 2. The molecule has 0 atom stereocenters. The molecule has 0 bridgehead atoms. The number of hydrogen-bond donors (Lipinski definition) is 0. The highest BCUT2D eigenvalue weighted by Crippen LogP contribution is 2.40. The minimum Gasteiger partial charge on any atom is -0.456 e. The van der Waals surface area contributed by atoms with Crippen LogP contribution in [0.15, 0.2) is 83.3 Å². The lowest BCUT2D eigenvalue weighted by molar-refractivity contribution is 0.669. The van der Waals surface area contributed by atoms with Gasteiger partial charge in [-0.2, -0.15) is 0 Å². The minimum absolute atomic E-state index is 0.911. The predicted octanol–water partition coefficient (Wildman–Crippen LogP) is 6.38. The molecule has 4 aromatic heterocycles. The van der Waals surface area contributed by atoms with Gasteiger partial charge in [0.15, 0.2) is 0 Å². The van der Waals surface area contributed by atoms with Gasteiger partial charge in [-0.3, -0.25) is 8.80 Å². The Morgan fingerprint density at radius 2 is 1.41 bits per heavy atom. The third kappa shape index (κ3) is 1.49.